The van der Waals surface area contributed by atoms with Crippen LogP contribution in [0.2, 0.25) is 0 Å². The third kappa shape index (κ3) is 5.31. The predicted octanol–water partition coefficient (Wildman–Crippen LogP) is 4.33. The number of para-hydroxylation sites is 2. The Kier molecular flexibility index (Phi) is 7.56. The van der Waals surface area contributed by atoms with Gasteiger partial charge < -0.3 is 9.64 Å². The number of hydrogen-bond donors (Lipinski definition) is 0. The van der Waals surface area contributed by atoms with Crippen molar-refractivity contribution < 1.29 is 13.2 Å². The molecular formula is C23H32N2O3S. The van der Waals surface area contributed by atoms with E-state index in [4.69, 9.17) is 4.74 Å². The molecule has 0 amide bonds. The summed E-state index contributed by atoms with van der Waals surface area (Å²) in [6, 6.07) is 15.4. The van der Waals surface area contributed by atoms with Crippen LogP contribution in [0.3, 0.4) is 0 Å². The summed E-state index contributed by atoms with van der Waals surface area (Å²) in [6.07, 6.45) is 4.55. The van der Waals surface area contributed by atoms with E-state index in [2.05, 4.69) is 11.8 Å². The van der Waals surface area contributed by atoms with Gasteiger partial charge >= 0.3 is 0 Å². The Hall–Kier alpha value is -2.05. The Morgan fingerprint density at radius 1 is 0.897 bits per heavy atom. The highest BCUT2D eigenvalue weighted by Gasteiger charge is 2.29. The van der Waals surface area contributed by atoms with Crippen LogP contribution in [0.15, 0.2) is 53.4 Å². The van der Waals surface area contributed by atoms with Crippen LogP contribution in [0.25, 0.3) is 0 Å². The first-order chi connectivity index (χ1) is 14.1. The minimum Gasteiger partial charge on any atom is -0.492 e. The molecule has 1 saturated heterocycles. The minimum atomic E-state index is -3.45. The molecule has 0 N–H and O–H groups in total. The maximum absolute atomic E-state index is 13.1. The first-order valence-electron chi connectivity index (χ1n) is 10.6. The predicted molar refractivity (Wildman–Crippen MR) is 118 cm³/mol. The average molecular weight is 417 g/mol. The Balaban J connectivity index is 1.64. The van der Waals surface area contributed by atoms with Crippen LogP contribution in [0.4, 0.5) is 5.69 Å². The average Bonchev–Trinajstić information content (AvgIpc) is 2.75. The summed E-state index contributed by atoms with van der Waals surface area (Å²) in [5.74, 6) is 0.852. The second kappa shape index (κ2) is 10.1. The van der Waals surface area contributed by atoms with Crippen LogP contribution in [-0.2, 0) is 16.4 Å². The molecule has 6 heteroatoms. The van der Waals surface area contributed by atoms with Crippen LogP contribution in [0.1, 0.15) is 38.7 Å². The van der Waals surface area contributed by atoms with Gasteiger partial charge in [-0.25, -0.2) is 8.42 Å². The van der Waals surface area contributed by atoms with Gasteiger partial charge in [0, 0.05) is 26.2 Å². The molecule has 0 bridgehead atoms. The van der Waals surface area contributed by atoms with Gasteiger partial charge in [-0.2, -0.15) is 4.31 Å². The Labute approximate surface area is 175 Å². The lowest BCUT2D eigenvalue weighted by Crippen LogP contribution is -2.48. The number of unbranched alkanes of at least 4 members (excludes halogenated alkanes) is 2. The summed E-state index contributed by atoms with van der Waals surface area (Å²) in [4.78, 5) is 2.59. The lowest BCUT2D eigenvalue weighted by atomic mass is 10.1. The first kappa shape index (κ1) is 21.7. The number of ether oxygens (including phenoxy) is 1. The maximum atomic E-state index is 13.1. The molecule has 0 radical (unpaired) electrons. The number of aryl methyl sites for hydroxylation is 1. The number of rotatable bonds is 9. The molecule has 1 fully saturated rings. The van der Waals surface area contributed by atoms with Crippen molar-refractivity contribution >= 4 is 15.7 Å². The first-order valence-corrected chi connectivity index (χ1v) is 12.1. The molecule has 3 rings (SSSR count). The van der Waals surface area contributed by atoms with Crippen LogP contribution in [0.5, 0.6) is 5.75 Å². The monoisotopic (exact) mass is 416 g/mol. The number of anilines is 1. The van der Waals surface area contributed by atoms with E-state index in [0.29, 0.717) is 37.7 Å². The summed E-state index contributed by atoms with van der Waals surface area (Å²) in [5, 5.41) is 0. The summed E-state index contributed by atoms with van der Waals surface area (Å²) < 4.78 is 33.4. The lowest BCUT2D eigenvalue weighted by Gasteiger charge is -2.36. The van der Waals surface area contributed by atoms with Crippen molar-refractivity contribution in [3.8, 4) is 5.75 Å². The van der Waals surface area contributed by atoms with Gasteiger partial charge in [-0.1, -0.05) is 44.0 Å². The van der Waals surface area contributed by atoms with Crippen molar-refractivity contribution in [2.75, 3.05) is 37.7 Å². The third-order valence-corrected chi connectivity index (χ3v) is 7.29. The van der Waals surface area contributed by atoms with Crippen molar-refractivity contribution in [2.45, 2.75) is 44.4 Å². The van der Waals surface area contributed by atoms with E-state index in [9.17, 15) is 8.42 Å². The van der Waals surface area contributed by atoms with Gasteiger partial charge in [0.1, 0.15) is 5.75 Å². The van der Waals surface area contributed by atoms with Crippen LogP contribution in [0, 0.1) is 0 Å². The maximum Gasteiger partial charge on any atom is 0.243 e. The van der Waals surface area contributed by atoms with E-state index in [1.165, 1.54) is 18.4 Å². The topological polar surface area (TPSA) is 49.9 Å². The van der Waals surface area contributed by atoms with Crippen LogP contribution >= 0.6 is 0 Å². The third-order valence-electron chi connectivity index (χ3n) is 5.37. The van der Waals surface area contributed by atoms with E-state index >= 15 is 0 Å². The standard InChI is InChI=1S/C23H32N2O3S/c1-3-5-6-9-20-12-14-21(15-13-20)29(26,27)25-18-16-24(17-19-25)22-10-7-8-11-23(22)28-4-2/h7-8,10-15H,3-6,9,16-19H2,1-2H3. The molecule has 0 atom stereocenters. The zero-order valence-electron chi connectivity index (χ0n) is 17.5. The highest BCUT2D eigenvalue weighted by Crippen LogP contribution is 2.29. The highest BCUT2D eigenvalue weighted by molar-refractivity contribution is 7.89. The van der Waals surface area contributed by atoms with Crippen molar-refractivity contribution in [1.82, 2.24) is 4.31 Å². The van der Waals surface area contributed by atoms with Crippen molar-refractivity contribution in [3.63, 3.8) is 0 Å². The number of benzene rings is 2. The number of piperazine rings is 1. The second-order valence-electron chi connectivity index (χ2n) is 7.39. The molecule has 29 heavy (non-hydrogen) atoms. The van der Waals surface area contributed by atoms with Crippen molar-refractivity contribution in [2.24, 2.45) is 0 Å². The van der Waals surface area contributed by atoms with Crippen molar-refractivity contribution in [3.05, 3.63) is 54.1 Å². The molecule has 158 valence electrons. The van der Waals surface area contributed by atoms with Gasteiger partial charge in [0.05, 0.1) is 17.2 Å². The molecule has 5 nitrogen and oxygen atoms in total. The van der Waals surface area contributed by atoms with E-state index in [1.807, 2.05) is 43.3 Å². The molecule has 0 unspecified atom stereocenters. The molecule has 0 aliphatic carbocycles. The zero-order chi connectivity index (χ0) is 20.7. The summed E-state index contributed by atoms with van der Waals surface area (Å²) in [6.45, 7) is 7.01. The molecular weight excluding hydrogens is 384 g/mol. The van der Waals surface area contributed by atoms with Crippen LogP contribution < -0.4 is 9.64 Å². The Bertz CT molecular complexity index is 873. The van der Waals surface area contributed by atoms with Gasteiger partial charge in [0.15, 0.2) is 0 Å². The van der Waals surface area contributed by atoms with Gasteiger partial charge in [0.2, 0.25) is 10.0 Å². The summed E-state index contributed by atoms with van der Waals surface area (Å²) >= 11 is 0. The Morgan fingerprint density at radius 3 is 2.24 bits per heavy atom. The molecule has 0 spiro atoms. The van der Waals surface area contributed by atoms with Crippen molar-refractivity contribution in [1.29, 1.82) is 0 Å². The fourth-order valence-corrected chi connectivity index (χ4v) is 5.14. The minimum absolute atomic E-state index is 0.389. The zero-order valence-corrected chi connectivity index (χ0v) is 18.3. The largest absolute Gasteiger partial charge is 0.492 e. The number of nitrogens with zero attached hydrogens (tertiary/aromatic N) is 2. The molecule has 0 saturated carbocycles. The SMILES string of the molecule is CCCCCc1ccc(S(=O)(=O)N2CCN(c3ccccc3OCC)CC2)cc1. The van der Waals surface area contributed by atoms with E-state index in [0.717, 1.165) is 24.3 Å². The normalized spacial score (nSPS) is 15.4. The molecule has 0 aromatic heterocycles. The van der Waals surface area contributed by atoms with Gasteiger partial charge in [-0.05, 0) is 49.6 Å². The second-order valence-corrected chi connectivity index (χ2v) is 9.33. The molecule has 1 aliphatic rings. The Morgan fingerprint density at radius 2 is 1.59 bits per heavy atom. The van der Waals surface area contributed by atoms with E-state index in [1.54, 1.807) is 16.4 Å². The quantitative estimate of drug-likeness (QED) is 0.571. The number of sulfonamides is 1. The fraction of sp³-hybridized carbons (Fsp3) is 0.478. The smallest absolute Gasteiger partial charge is 0.243 e. The fourth-order valence-electron chi connectivity index (χ4n) is 3.72. The van der Waals surface area contributed by atoms with Crippen LogP contribution in [-0.4, -0.2) is 45.5 Å². The molecule has 2 aromatic rings. The van der Waals surface area contributed by atoms with Gasteiger partial charge in [-0.3, -0.25) is 0 Å². The summed E-state index contributed by atoms with van der Waals surface area (Å²) in [5.41, 5.74) is 2.23. The van der Waals surface area contributed by atoms with E-state index in [-0.39, 0.29) is 0 Å². The van der Waals surface area contributed by atoms with Gasteiger partial charge in [-0.15, -0.1) is 0 Å². The van der Waals surface area contributed by atoms with E-state index < -0.39 is 10.0 Å². The highest BCUT2D eigenvalue weighted by atomic mass is 32.2. The molecule has 1 aliphatic heterocycles. The molecule has 1 heterocycles. The van der Waals surface area contributed by atoms with Gasteiger partial charge in [0.25, 0.3) is 0 Å². The lowest BCUT2D eigenvalue weighted by molar-refractivity contribution is 0.337. The number of hydrogen-bond acceptors (Lipinski definition) is 4. The summed E-state index contributed by atoms with van der Waals surface area (Å²) in [7, 11) is -3.45. The molecule has 2 aromatic carbocycles.